The number of aryl methyl sites for hydroxylation is 2. The van der Waals surface area contributed by atoms with Crippen molar-refractivity contribution in [1.82, 2.24) is 10.3 Å². The smallest absolute Gasteiger partial charge is 0.220 e. The number of benzene rings is 1. The quantitative estimate of drug-likeness (QED) is 0.870. The van der Waals surface area contributed by atoms with Gasteiger partial charge < -0.3 is 10.1 Å². The van der Waals surface area contributed by atoms with Gasteiger partial charge in [-0.25, -0.2) is 4.98 Å². The van der Waals surface area contributed by atoms with E-state index in [9.17, 15) is 4.79 Å². The number of hydrogen-bond donors (Lipinski definition) is 1. The number of nitrogens with zero attached hydrogens (tertiary/aromatic N) is 1. The van der Waals surface area contributed by atoms with Crippen molar-refractivity contribution in [2.24, 2.45) is 0 Å². The van der Waals surface area contributed by atoms with Crippen molar-refractivity contribution in [3.05, 3.63) is 45.4 Å². The van der Waals surface area contributed by atoms with Gasteiger partial charge >= 0.3 is 0 Å². The molecule has 1 aromatic heterocycles. The Morgan fingerprint density at radius 3 is 3.08 bits per heavy atom. The van der Waals surface area contributed by atoms with Gasteiger partial charge in [-0.1, -0.05) is 6.07 Å². The van der Waals surface area contributed by atoms with Crippen molar-refractivity contribution in [3.63, 3.8) is 0 Å². The van der Waals surface area contributed by atoms with Gasteiger partial charge in [0.25, 0.3) is 0 Å². The van der Waals surface area contributed by atoms with Gasteiger partial charge in [-0.2, -0.15) is 0 Å². The lowest BCUT2D eigenvalue weighted by molar-refractivity contribution is -0.121. The van der Waals surface area contributed by atoms with E-state index in [0.717, 1.165) is 42.1 Å². The molecule has 1 heterocycles. The van der Waals surface area contributed by atoms with Crippen LogP contribution in [0.15, 0.2) is 23.6 Å². The second-order valence-corrected chi connectivity index (χ2v) is 7.38. The third-order valence-electron chi connectivity index (χ3n) is 4.59. The molecule has 0 aliphatic heterocycles. The van der Waals surface area contributed by atoms with Gasteiger partial charge in [-0.15, -0.1) is 11.3 Å². The number of nitrogens with one attached hydrogen (secondary N) is 1. The van der Waals surface area contributed by atoms with Gasteiger partial charge in [0.05, 0.1) is 17.8 Å². The zero-order chi connectivity index (χ0) is 16.9. The first-order valence-electron chi connectivity index (χ1n) is 8.50. The third-order valence-corrected chi connectivity index (χ3v) is 5.41. The fourth-order valence-electron chi connectivity index (χ4n) is 3.38. The maximum absolute atomic E-state index is 12.3. The largest absolute Gasteiger partial charge is 0.497 e. The summed E-state index contributed by atoms with van der Waals surface area (Å²) < 4.78 is 5.31. The van der Waals surface area contributed by atoms with E-state index in [1.807, 2.05) is 13.0 Å². The lowest BCUT2D eigenvalue weighted by Crippen LogP contribution is -2.28. The number of fused-ring (bicyclic) bond motifs is 1. The molecular weight excluding hydrogens is 320 g/mol. The molecule has 0 bridgehead atoms. The average molecular weight is 344 g/mol. The van der Waals surface area contributed by atoms with E-state index in [1.54, 1.807) is 18.4 Å². The molecular formula is C19H24N2O2S. The highest BCUT2D eigenvalue weighted by molar-refractivity contribution is 7.09. The summed E-state index contributed by atoms with van der Waals surface area (Å²) in [5, 5.41) is 6.18. The number of hydrogen-bond acceptors (Lipinski definition) is 4. The van der Waals surface area contributed by atoms with E-state index >= 15 is 0 Å². The van der Waals surface area contributed by atoms with Crippen molar-refractivity contribution in [1.29, 1.82) is 0 Å². The molecule has 0 spiro atoms. The molecule has 3 rings (SSSR count). The van der Waals surface area contributed by atoms with Gasteiger partial charge in [0.1, 0.15) is 5.75 Å². The lowest BCUT2D eigenvalue weighted by Gasteiger charge is -2.25. The molecule has 24 heavy (non-hydrogen) atoms. The van der Waals surface area contributed by atoms with Gasteiger partial charge in [0, 0.05) is 24.8 Å². The van der Waals surface area contributed by atoms with Gasteiger partial charge in [0.2, 0.25) is 5.91 Å². The Bertz CT molecular complexity index is 711. The molecule has 4 nitrogen and oxygen atoms in total. The molecule has 1 atom stereocenters. The first-order valence-corrected chi connectivity index (χ1v) is 9.38. The number of rotatable bonds is 6. The van der Waals surface area contributed by atoms with Crippen molar-refractivity contribution in [2.45, 2.75) is 44.9 Å². The summed E-state index contributed by atoms with van der Waals surface area (Å²) in [4.78, 5) is 16.7. The SMILES string of the molecule is COc1ccc2c(c1)CCC[C@@H]2CC(=O)NCCc1csc(C)n1. The van der Waals surface area contributed by atoms with E-state index in [-0.39, 0.29) is 5.91 Å². The van der Waals surface area contributed by atoms with Gasteiger partial charge in [-0.05, 0) is 55.4 Å². The Morgan fingerprint density at radius 2 is 2.33 bits per heavy atom. The van der Waals surface area contributed by atoms with Crippen LogP contribution in [-0.2, 0) is 17.6 Å². The number of carbonyl (C=O) groups excluding carboxylic acids is 1. The predicted molar refractivity (Wildman–Crippen MR) is 96.9 cm³/mol. The molecule has 1 aliphatic rings. The van der Waals surface area contributed by atoms with Crippen LogP contribution in [0.3, 0.4) is 0 Å². The summed E-state index contributed by atoms with van der Waals surface area (Å²) in [6.07, 6.45) is 4.66. The minimum Gasteiger partial charge on any atom is -0.497 e. The fourth-order valence-corrected chi connectivity index (χ4v) is 4.03. The molecule has 0 fully saturated rings. The lowest BCUT2D eigenvalue weighted by atomic mass is 9.81. The highest BCUT2D eigenvalue weighted by atomic mass is 32.1. The van der Waals surface area contributed by atoms with Crippen LogP contribution in [-0.4, -0.2) is 24.5 Å². The van der Waals surface area contributed by atoms with Crippen LogP contribution in [0, 0.1) is 6.92 Å². The summed E-state index contributed by atoms with van der Waals surface area (Å²) >= 11 is 1.65. The summed E-state index contributed by atoms with van der Waals surface area (Å²) in [6.45, 7) is 2.66. The molecule has 1 aliphatic carbocycles. The van der Waals surface area contributed by atoms with Crippen molar-refractivity contribution in [3.8, 4) is 5.75 Å². The molecule has 1 amide bonds. The van der Waals surface area contributed by atoms with Crippen LogP contribution in [0.2, 0.25) is 0 Å². The van der Waals surface area contributed by atoms with Crippen LogP contribution in [0.25, 0.3) is 0 Å². The maximum atomic E-state index is 12.3. The van der Waals surface area contributed by atoms with Crippen LogP contribution in [0.4, 0.5) is 0 Å². The summed E-state index contributed by atoms with van der Waals surface area (Å²) in [5.74, 6) is 1.36. The zero-order valence-electron chi connectivity index (χ0n) is 14.3. The van der Waals surface area contributed by atoms with Gasteiger partial charge in [-0.3, -0.25) is 4.79 Å². The van der Waals surface area contributed by atoms with Crippen molar-refractivity contribution in [2.75, 3.05) is 13.7 Å². The van der Waals surface area contributed by atoms with Crippen LogP contribution >= 0.6 is 11.3 Å². The van der Waals surface area contributed by atoms with E-state index in [1.165, 1.54) is 11.1 Å². The van der Waals surface area contributed by atoms with Crippen molar-refractivity contribution < 1.29 is 9.53 Å². The maximum Gasteiger partial charge on any atom is 0.220 e. The minimum atomic E-state index is 0.135. The first-order chi connectivity index (χ1) is 11.7. The van der Waals surface area contributed by atoms with Gasteiger partial charge in [0.15, 0.2) is 0 Å². The Labute approximate surface area is 147 Å². The normalized spacial score (nSPS) is 16.5. The Morgan fingerprint density at radius 1 is 1.46 bits per heavy atom. The topological polar surface area (TPSA) is 51.2 Å². The number of carbonyl (C=O) groups is 1. The molecule has 5 heteroatoms. The third kappa shape index (κ3) is 4.15. The first kappa shape index (κ1) is 17.0. The fraction of sp³-hybridized carbons (Fsp3) is 0.474. The predicted octanol–water partition coefficient (Wildman–Crippen LogP) is 3.63. The second-order valence-electron chi connectivity index (χ2n) is 6.32. The minimum absolute atomic E-state index is 0.135. The number of aromatic nitrogens is 1. The highest BCUT2D eigenvalue weighted by Gasteiger charge is 2.23. The van der Waals surface area contributed by atoms with E-state index in [0.29, 0.717) is 18.9 Å². The molecule has 1 N–H and O–H groups in total. The summed E-state index contributed by atoms with van der Waals surface area (Å²) in [6, 6.07) is 6.24. The number of ether oxygens (including phenoxy) is 1. The Kier molecular flexibility index (Phi) is 5.51. The van der Waals surface area contributed by atoms with E-state index in [4.69, 9.17) is 4.74 Å². The number of methoxy groups -OCH3 is 1. The van der Waals surface area contributed by atoms with E-state index < -0.39 is 0 Å². The molecule has 0 unspecified atom stereocenters. The molecule has 0 radical (unpaired) electrons. The second kappa shape index (κ2) is 7.79. The average Bonchev–Trinajstić information content (AvgIpc) is 3.00. The molecule has 0 saturated heterocycles. The Hall–Kier alpha value is -1.88. The zero-order valence-corrected chi connectivity index (χ0v) is 15.1. The van der Waals surface area contributed by atoms with E-state index in [2.05, 4.69) is 27.8 Å². The number of thiazole rings is 1. The monoisotopic (exact) mass is 344 g/mol. The summed E-state index contributed by atoms with van der Waals surface area (Å²) in [5.41, 5.74) is 3.71. The Balaban J connectivity index is 1.53. The summed E-state index contributed by atoms with van der Waals surface area (Å²) in [7, 11) is 1.69. The number of amides is 1. The van der Waals surface area contributed by atoms with Crippen LogP contribution < -0.4 is 10.1 Å². The molecule has 2 aromatic rings. The van der Waals surface area contributed by atoms with Crippen molar-refractivity contribution >= 4 is 17.2 Å². The standard InChI is InChI=1S/C19H24N2O2S/c1-13-21-16(12-24-13)8-9-20-19(22)11-15-5-3-4-14-10-17(23-2)6-7-18(14)15/h6-7,10,12,15H,3-5,8-9,11H2,1-2H3,(H,20,22)/t15-/m1/s1. The van der Waals surface area contributed by atoms with Crippen LogP contribution in [0.5, 0.6) is 5.75 Å². The van der Waals surface area contributed by atoms with Crippen LogP contribution in [0.1, 0.15) is 47.0 Å². The molecule has 1 aromatic carbocycles. The highest BCUT2D eigenvalue weighted by Crippen LogP contribution is 2.35. The molecule has 0 saturated carbocycles. The molecule has 128 valence electrons.